The van der Waals surface area contributed by atoms with Crippen LogP contribution in [0.15, 0.2) is 30.6 Å². The Morgan fingerprint density at radius 2 is 2.17 bits per heavy atom. The van der Waals surface area contributed by atoms with E-state index in [-0.39, 0.29) is 18.7 Å². The van der Waals surface area contributed by atoms with Crippen molar-refractivity contribution in [2.45, 2.75) is 32.1 Å². The molecule has 2 aromatic rings. The summed E-state index contributed by atoms with van der Waals surface area (Å²) >= 11 is 0. The summed E-state index contributed by atoms with van der Waals surface area (Å²) in [7, 11) is 0. The Morgan fingerprint density at radius 3 is 2.79 bits per heavy atom. The van der Waals surface area contributed by atoms with E-state index in [0.29, 0.717) is 6.54 Å². The van der Waals surface area contributed by atoms with E-state index in [2.05, 4.69) is 15.3 Å². The van der Waals surface area contributed by atoms with Crippen LogP contribution < -0.4 is 0 Å². The summed E-state index contributed by atoms with van der Waals surface area (Å²) in [6.07, 6.45) is -1.31. The lowest BCUT2D eigenvalue weighted by Gasteiger charge is -2.25. The van der Waals surface area contributed by atoms with E-state index in [4.69, 9.17) is 0 Å². The van der Waals surface area contributed by atoms with Crippen molar-refractivity contribution in [1.29, 1.82) is 0 Å². The number of carbonyl (C=O) groups is 1. The van der Waals surface area contributed by atoms with Crippen LogP contribution in [0.5, 0.6) is 0 Å². The van der Waals surface area contributed by atoms with Gasteiger partial charge in [0.25, 0.3) is 5.91 Å². The molecule has 0 saturated carbocycles. The molecular formula is C15H16F3N5O. The number of halogens is 3. The van der Waals surface area contributed by atoms with E-state index in [1.165, 1.54) is 22.7 Å². The first-order chi connectivity index (χ1) is 11.4. The first-order valence-electron chi connectivity index (χ1n) is 7.54. The third-order valence-electron chi connectivity index (χ3n) is 4.24. The van der Waals surface area contributed by atoms with E-state index in [0.717, 1.165) is 5.69 Å². The van der Waals surface area contributed by atoms with Crippen LogP contribution in [0.25, 0.3) is 0 Å². The molecule has 1 aliphatic heterocycles. The normalized spacial score (nSPS) is 21.2. The van der Waals surface area contributed by atoms with Crippen molar-refractivity contribution < 1.29 is 18.0 Å². The fourth-order valence-electron chi connectivity index (χ4n) is 2.94. The Labute approximate surface area is 136 Å². The van der Waals surface area contributed by atoms with Crippen LogP contribution in [0.1, 0.15) is 29.5 Å². The molecule has 9 heteroatoms. The van der Waals surface area contributed by atoms with Crippen molar-refractivity contribution >= 4 is 5.91 Å². The molecule has 0 aliphatic carbocycles. The van der Waals surface area contributed by atoms with Gasteiger partial charge in [-0.15, -0.1) is 5.10 Å². The predicted molar refractivity (Wildman–Crippen MR) is 78.0 cm³/mol. The molecule has 128 valence electrons. The number of alkyl halides is 3. The third kappa shape index (κ3) is 3.24. The number of hydrogen-bond acceptors (Lipinski definition) is 4. The van der Waals surface area contributed by atoms with Crippen LogP contribution in [0, 0.1) is 5.92 Å². The van der Waals surface area contributed by atoms with Crippen LogP contribution in [0.3, 0.4) is 0 Å². The molecular weight excluding hydrogens is 323 g/mol. The van der Waals surface area contributed by atoms with E-state index >= 15 is 0 Å². The molecule has 2 atom stereocenters. The molecule has 6 nitrogen and oxygen atoms in total. The Kier molecular flexibility index (Phi) is 4.25. The van der Waals surface area contributed by atoms with Crippen LogP contribution >= 0.6 is 0 Å². The average Bonchev–Trinajstić information content (AvgIpc) is 3.14. The lowest BCUT2D eigenvalue weighted by atomic mass is 10.0. The fourth-order valence-corrected chi connectivity index (χ4v) is 2.94. The van der Waals surface area contributed by atoms with Crippen molar-refractivity contribution in [2.75, 3.05) is 6.54 Å². The number of carbonyl (C=O) groups excluding carboxylic acids is 1. The second kappa shape index (κ2) is 6.21. The van der Waals surface area contributed by atoms with E-state index < -0.39 is 24.0 Å². The highest BCUT2D eigenvalue weighted by atomic mass is 19.4. The second-order valence-electron chi connectivity index (χ2n) is 5.80. The molecule has 0 radical (unpaired) electrons. The first kappa shape index (κ1) is 16.4. The van der Waals surface area contributed by atoms with Gasteiger partial charge in [0.05, 0.1) is 24.4 Å². The summed E-state index contributed by atoms with van der Waals surface area (Å²) in [6.45, 7) is 1.82. The van der Waals surface area contributed by atoms with Gasteiger partial charge in [-0.3, -0.25) is 9.78 Å². The lowest BCUT2D eigenvalue weighted by Crippen LogP contribution is -2.39. The van der Waals surface area contributed by atoms with Crippen LogP contribution in [-0.4, -0.2) is 49.5 Å². The van der Waals surface area contributed by atoms with Gasteiger partial charge in [-0.05, 0) is 25.5 Å². The van der Waals surface area contributed by atoms with Gasteiger partial charge in [-0.1, -0.05) is 11.3 Å². The van der Waals surface area contributed by atoms with Gasteiger partial charge < -0.3 is 4.90 Å². The summed E-state index contributed by atoms with van der Waals surface area (Å²) in [4.78, 5) is 17.8. The molecule has 0 spiro atoms. The van der Waals surface area contributed by atoms with Gasteiger partial charge in [0, 0.05) is 18.8 Å². The molecule has 2 unspecified atom stereocenters. The van der Waals surface area contributed by atoms with Crippen molar-refractivity contribution in [2.24, 2.45) is 5.92 Å². The summed E-state index contributed by atoms with van der Waals surface area (Å²) < 4.78 is 40.2. The minimum atomic E-state index is -4.30. The molecule has 0 bridgehead atoms. The molecule has 1 amide bonds. The molecule has 0 N–H and O–H groups in total. The van der Waals surface area contributed by atoms with Gasteiger partial charge in [-0.2, -0.15) is 13.2 Å². The summed E-state index contributed by atoms with van der Waals surface area (Å²) in [5, 5.41) is 7.64. The van der Waals surface area contributed by atoms with E-state index in [1.54, 1.807) is 18.3 Å². The molecule has 1 fully saturated rings. The molecule has 24 heavy (non-hydrogen) atoms. The number of pyridine rings is 1. The molecule has 1 saturated heterocycles. The number of hydrogen-bond donors (Lipinski definition) is 0. The second-order valence-corrected chi connectivity index (χ2v) is 5.80. The Morgan fingerprint density at radius 1 is 1.38 bits per heavy atom. The Balaban J connectivity index is 1.70. The average molecular weight is 339 g/mol. The van der Waals surface area contributed by atoms with Crippen LogP contribution in [0.4, 0.5) is 13.2 Å². The monoisotopic (exact) mass is 339 g/mol. The highest BCUT2D eigenvalue weighted by Crippen LogP contribution is 2.38. The van der Waals surface area contributed by atoms with Crippen LogP contribution in [-0.2, 0) is 6.54 Å². The highest BCUT2D eigenvalue weighted by Gasteiger charge is 2.49. The fraction of sp³-hybridized carbons (Fsp3) is 0.467. The SMILES string of the molecule is CC1C(C(F)(F)F)CCN1C(=O)c1cn(Cc2ccccn2)nn1. The smallest absolute Gasteiger partial charge is 0.334 e. The van der Waals surface area contributed by atoms with Gasteiger partial charge >= 0.3 is 6.18 Å². The van der Waals surface area contributed by atoms with Gasteiger partial charge in [0.2, 0.25) is 0 Å². The maximum absolute atomic E-state index is 12.9. The number of rotatable bonds is 3. The van der Waals surface area contributed by atoms with Gasteiger partial charge in [0.1, 0.15) is 0 Å². The van der Waals surface area contributed by atoms with Gasteiger partial charge in [0.15, 0.2) is 5.69 Å². The topological polar surface area (TPSA) is 63.9 Å². The quantitative estimate of drug-likeness (QED) is 0.859. The molecule has 3 rings (SSSR count). The maximum Gasteiger partial charge on any atom is 0.393 e. The predicted octanol–water partition coefficient (Wildman–Crippen LogP) is 2.13. The lowest BCUT2D eigenvalue weighted by molar-refractivity contribution is -0.177. The number of nitrogens with zero attached hydrogens (tertiary/aromatic N) is 5. The molecule has 3 heterocycles. The zero-order chi connectivity index (χ0) is 17.3. The standard InChI is InChI=1S/C15H16F3N5O/c1-10-12(15(16,17)18)5-7-23(10)14(24)13-9-22(21-20-13)8-11-4-2-3-6-19-11/h2-4,6,9-10,12H,5,7-8H2,1H3. The highest BCUT2D eigenvalue weighted by molar-refractivity contribution is 5.92. The van der Waals surface area contributed by atoms with Crippen molar-refractivity contribution in [1.82, 2.24) is 24.9 Å². The molecule has 1 aliphatic rings. The summed E-state index contributed by atoms with van der Waals surface area (Å²) in [5.74, 6) is -2.02. The summed E-state index contributed by atoms with van der Waals surface area (Å²) in [5.41, 5.74) is 0.786. The summed E-state index contributed by atoms with van der Waals surface area (Å²) in [6, 6.07) is 4.51. The minimum absolute atomic E-state index is 0.0422. The first-order valence-corrected chi connectivity index (χ1v) is 7.54. The largest absolute Gasteiger partial charge is 0.393 e. The van der Waals surface area contributed by atoms with Crippen LogP contribution in [0.2, 0.25) is 0 Å². The third-order valence-corrected chi connectivity index (χ3v) is 4.24. The number of amides is 1. The Hall–Kier alpha value is -2.45. The zero-order valence-electron chi connectivity index (χ0n) is 12.9. The van der Waals surface area contributed by atoms with Crippen molar-refractivity contribution in [3.8, 4) is 0 Å². The molecule has 0 aromatic carbocycles. The number of aromatic nitrogens is 4. The Bertz CT molecular complexity index is 715. The van der Waals surface area contributed by atoms with Crippen molar-refractivity contribution in [3.05, 3.63) is 42.0 Å². The van der Waals surface area contributed by atoms with E-state index in [9.17, 15) is 18.0 Å². The number of likely N-dealkylation sites (tertiary alicyclic amines) is 1. The minimum Gasteiger partial charge on any atom is -0.334 e. The van der Waals surface area contributed by atoms with E-state index in [1.807, 2.05) is 6.07 Å². The van der Waals surface area contributed by atoms with Gasteiger partial charge in [-0.25, -0.2) is 4.68 Å². The molecule has 2 aromatic heterocycles. The van der Waals surface area contributed by atoms with Crippen molar-refractivity contribution in [3.63, 3.8) is 0 Å². The maximum atomic E-state index is 12.9. The zero-order valence-corrected chi connectivity index (χ0v) is 12.9.